The lowest BCUT2D eigenvalue weighted by Gasteiger charge is -2.32. The Bertz CT molecular complexity index is 154. The Morgan fingerprint density at radius 2 is 2.36 bits per heavy atom. The van der Waals surface area contributed by atoms with Crippen LogP contribution in [-0.4, -0.2) is 34.7 Å². The number of rotatable bonds is 2. The van der Waals surface area contributed by atoms with Crippen LogP contribution in [0.3, 0.4) is 0 Å². The van der Waals surface area contributed by atoms with Crippen molar-refractivity contribution >= 4 is 0 Å². The van der Waals surface area contributed by atoms with Crippen molar-refractivity contribution in [3.8, 4) is 0 Å². The van der Waals surface area contributed by atoms with Crippen LogP contribution in [0.1, 0.15) is 20.3 Å². The molecule has 0 saturated carbocycles. The highest BCUT2D eigenvalue weighted by Gasteiger charge is 2.39. The van der Waals surface area contributed by atoms with Gasteiger partial charge in [-0.25, -0.2) is 0 Å². The molecule has 0 aromatic heterocycles. The molecule has 1 heterocycles. The predicted molar refractivity (Wildman–Crippen MR) is 46.5 cm³/mol. The summed E-state index contributed by atoms with van der Waals surface area (Å²) in [7, 11) is 0. The van der Waals surface area contributed by atoms with Crippen molar-refractivity contribution in [2.75, 3.05) is 13.1 Å². The summed E-state index contributed by atoms with van der Waals surface area (Å²) in [6, 6.07) is 0. The second-order valence-corrected chi connectivity index (χ2v) is 3.69. The van der Waals surface area contributed by atoms with Crippen molar-refractivity contribution in [2.45, 2.75) is 31.9 Å². The number of hydrogen-bond donors (Lipinski definition) is 1. The molecule has 1 unspecified atom stereocenters. The molecular formula is C9H17NO. The highest BCUT2D eigenvalue weighted by molar-refractivity contribution is 4.97. The van der Waals surface area contributed by atoms with E-state index < -0.39 is 0 Å². The summed E-state index contributed by atoms with van der Waals surface area (Å²) in [4.78, 5) is 2.25. The van der Waals surface area contributed by atoms with E-state index in [-0.39, 0.29) is 11.6 Å². The molecule has 64 valence electrons. The summed E-state index contributed by atoms with van der Waals surface area (Å²) >= 11 is 0. The van der Waals surface area contributed by atoms with Gasteiger partial charge in [0.25, 0.3) is 0 Å². The van der Waals surface area contributed by atoms with Gasteiger partial charge in [-0.3, -0.25) is 4.90 Å². The van der Waals surface area contributed by atoms with Gasteiger partial charge in [0.05, 0.1) is 6.10 Å². The second-order valence-electron chi connectivity index (χ2n) is 3.69. The van der Waals surface area contributed by atoms with E-state index >= 15 is 0 Å². The molecule has 2 nitrogen and oxygen atoms in total. The van der Waals surface area contributed by atoms with Crippen LogP contribution in [0.5, 0.6) is 0 Å². The Labute approximate surface area is 68.5 Å². The molecule has 1 atom stereocenters. The van der Waals surface area contributed by atoms with Crippen molar-refractivity contribution in [1.29, 1.82) is 0 Å². The maximum Gasteiger partial charge on any atom is 0.0730 e. The van der Waals surface area contributed by atoms with Crippen molar-refractivity contribution < 1.29 is 5.11 Å². The summed E-state index contributed by atoms with van der Waals surface area (Å²) in [5, 5.41) is 9.58. The first kappa shape index (κ1) is 8.75. The summed E-state index contributed by atoms with van der Waals surface area (Å²) in [5.74, 6) is 0. The number of nitrogens with zero attached hydrogens (tertiary/aromatic N) is 1. The van der Waals surface area contributed by atoms with Crippen molar-refractivity contribution in [1.82, 2.24) is 4.90 Å². The number of aliphatic hydroxyl groups excluding tert-OH is 1. The van der Waals surface area contributed by atoms with Gasteiger partial charge < -0.3 is 5.11 Å². The highest BCUT2D eigenvalue weighted by Crippen LogP contribution is 2.28. The van der Waals surface area contributed by atoms with Gasteiger partial charge in [0.1, 0.15) is 0 Å². The van der Waals surface area contributed by atoms with Crippen LogP contribution >= 0.6 is 0 Å². The summed E-state index contributed by atoms with van der Waals surface area (Å²) in [5.41, 5.74) is -0.0613. The minimum Gasteiger partial charge on any atom is -0.391 e. The van der Waals surface area contributed by atoms with E-state index in [0.29, 0.717) is 0 Å². The van der Waals surface area contributed by atoms with E-state index in [1.807, 2.05) is 6.08 Å². The Kier molecular flexibility index (Phi) is 2.35. The fraction of sp³-hybridized carbons (Fsp3) is 0.778. The van der Waals surface area contributed by atoms with E-state index in [4.69, 9.17) is 0 Å². The first-order valence-electron chi connectivity index (χ1n) is 4.13. The third kappa shape index (κ3) is 1.47. The standard InChI is InChI=1S/C9H17NO/c1-4-6-10-7-5-8(11)9(10,2)3/h4,8,11H,1,5-7H2,2-3H3. The third-order valence-electron chi connectivity index (χ3n) is 2.65. The molecule has 0 aromatic carbocycles. The highest BCUT2D eigenvalue weighted by atomic mass is 16.3. The Morgan fingerprint density at radius 3 is 2.73 bits per heavy atom. The van der Waals surface area contributed by atoms with E-state index in [1.54, 1.807) is 0 Å². The van der Waals surface area contributed by atoms with Gasteiger partial charge in [0.15, 0.2) is 0 Å². The molecule has 0 radical (unpaired) electrons. The van der Waals surface area contributed by atoms with Crippen molar-refractivity contribution in [3.63, 3.8) is 0 Å². The molecule has 1 fully saturated rings. The van der Waals surface area contributed by atoms with Crippen LogP contribution in [0, 0.1) is 0 Å². The first-order valence-corrected chi connectivity index (χ1v) is 4.13. The van der Waals surface area contributed by atoms with Crippen LogP contribution in [0.2, 0.25) is 0 Å². The lowest BCUT2D eigenvalue weighted by molar-refractivity contribution is 0.0609. The van der Waals surface area contributed by atoms with Crippen LogP contribution in [0.4, 0.5) is 0 Å². The van der Waals surface area contributed by atoms with Crippen molar-refractivity contribution in [2.24, 2.45) is 0 Å². The minimum atomic E-state index is -0.178. The van der Waals surface area contributed by atoms with Crippen LogP contribution in [-0.2, 0) is 0 Å². The zero-order valence-corrected chi connectivity index (χ0v) is 7.38. The van der Waals surface area contributed by atoms with Gasteiger partial charge in [0, 0.05) is 18.6 Å². The Balaban J connectivity index is 2.62. The molecule has 1 aliphatic rings. The average Bonchev–Trinajstić information content (AvgIpc) is 2.16. The zero-order chi connectivity index (χ0) is 8.48. The lowest BCUT2D eigenvalue weighted by atomic mass is 9.99. The predicted octanol–water partition coefficient (Wildman–Crippen LogP) is 1.02. The molecule has 1 rings (SSSR count). The smallest absolute Gasteiger partial charge is 0.0730 e. The van der Waals surface area contributed by atoms with Crippen LogP contribution < -0.4 is 0 Å². The zero-order valence-electron chi connectivity index (χ0n) is 7.38. The molecule has 11 heavy (non-hydrogen) atoms. The molecular weight excluding hydrogens is 138 g/mol. The molecule has 0 spiro atoms. The van der Waals surface area contributed by atoms with E-state index in [2.05, 4.69) is 25.3 Å². The van der Waals surface area contributed by atoms with Crippen molar-refractivity contribution in [3.05, 3.63) is 12.7 Å². The maximum absolute atomic E-state index is 9.58. The SMILES string of the molecule is C=CCN1CCC(O)C1(C)C. The molecule has 0 aliphatic carbocycles. The number of hydrogen-bond acceptors (Lipinski definition) is 2. The second kappa shape index (κ2) is 2.95. The number of aliphatic hydroxyl groups is 1. The van der Waals surface area contributed by atoms with E-state index in [9.17, 15) is 5.11 Å². The summed E-state index contributed by atoms with van der Waals surface area (Å²) in [6.45, 7) is 9.71. The topological polar surface area (TPSA) is 23.5 Å². The molecule has 1 saturated heterocycles. The van der Waals surface area contributed by atoms with Gasteiger partial charge in [0.2, 0.25) is 0 Å². The third-order valence-corrected chi connectivity index (χ3v) is 2.65. The minimum absolute atomic E-state index is 0.0613. The quantitative estimate of drug-likeness (QED) is 0.602. The summed E-state index contributed by atoms with van der Waals surface area (Å²) in [6.07, 6.45) is 2.60. The molecule has 1 aliphatic heterocycles. The molecule has 1 N–H and O–H groups in total. The van der Waals surface area contributed by atoms with Gasteiger partial charge in [-0.05, 0) is 20.3 Å². The first-order chi connectivity index (χ1) is 5.09. The number of likely N-dealkylation sites (tertiary alicyclic amines) is 1. The van der Waals surface area contributed by atoms with E-state index in [0.717, 1.165) is 19.5 Å². The molecule has 2 heteroatoms. The van der Waals surface area contributed by atoms with Crippen LogP contribution in [0.15, 0.2) is 12.7 Å². The molecule has 0 bridgehead atoms. The average molecular weight is 155 g/mol. The maximum atomic E-state index is 9.58. The lowest BCUT2D eigenvalue weighted by Crippen LogP contribution is -2.44. The fourth-order valence-electron chi connectivity index (χ4n) is 1.61. The van der Waals surface area contributed by atoms with E-state index in [1.165, 1.54) is 0 Å². The Morgan fingerprint density at radius 1 is 1.73 bits per heavy atom. The van der Waals surface area contributed by atoms with Gasteiger partial charge in [-0.2, -0.15) is 0 Å². The molecule has 0 aromatic rings. The Hall–Kier alpha value is -0.340. The van der Waals surface area contributed by atoms with Gasteiger partial charge in [-0.15, -0.1) is 6.58 Å². The fourth-order valence-corrected chi connectivity index (χ4v) is 1.61. The largest absolute Gasteiger partial charge is 0.391 e. The summed E-state index contributed by atoms with van der Waals surface area (Å²) < 4.78 is 0. The van der Waals surface area contributed by atoms with Gasteiger partial charge in [-0.1, -0.05) is 6.08 Å². The van der Waals surface area contributed by atoms with Gasteiger partial charge >= 0.3 is 0 Å². The normalized spacial score (nSPS) is 30.6. The van der Waals surface area contributed by atoms with Crippen LogP contribution in [0.25, 0.3) is 0 Å². The molecule has 0 amide bonds. The monoisotopic (exact) mass is 155 g/mol.